The summed E-state index contributed by atoms with van der Waals surface area (Å²) in [6.45, 7) is 0. The summed E-state index contributed by atoms with van der Waals surface area (Å²) < 4.78 is 15.3. The Bertz CT molecular complexity index is 983. The quantitative estimate of drug-likeness (QED) is 0.464. The fourth-order valence-corrected chi connectivity index (χ4v) is 4.12. The number of thiophene rings is 1. The van der Waals surface area contributed by atoms with Gasteiger partial charge in [-0.2, -0.15) is 0 Å². The predicted molar refractivity (Wildman–Crippen MR) is 115 cm³/mol. The first-order chi connectivity index (χ1) is 13.9. The molecule has 4 N–H and O–H groups in total. The number of benzene rings is 2. The molecule has 3 aromatic rings. The van der Waals surface area contributed by atoms with Gasteiger partial charge in [0.2, 0.25) is 5.91 Å². The Balaban J connectivity index is 1.85. The summed E-state index contributed by atoms with van der Waals surface area (Å²) in [5, 5.41) is 7.34. The zero-order chi connectivity index (χ0) is 20.8. The largest absolute Gasteiger partial charge is 0.352 e. The van der Waals surface area contributed by atoms with E-state index in [0.717, 1.165) is 10.4 Å². The van der Waals surface area contributed by atoms with Gasteiger partial charge in [0.25, 0.3) is 0 Å². The van der Waals surface area contributed by atoms with Crippen LogP contribution in [0.5, 0.6) is 0 Å². The fraction of sp³-hybridized carbons (Fsp3) is 0.143. The molecule has 0 saturated carbocycles. The smallest absolute Gasteiger partial charge is 0.312 e. The molecule has 0 fully saturated rings. The number of primary amides is 1. The summed E-state index contributed by atoms with van der Waals surface area (Å²) in [5.74, 6) is -0.771. The molecule has 2 unspecified atom stereocenters. The number of nitrogens with two attached hydrogens (primary N) is 1. The minimum absolute atomic E-state index is 0.0229. The molecule has 0 radical (unpaired) electrons. The minimum atomic E-state index is -0.713. The molecule has 1 heterocycles. The number of hydrogen-bond acceptors (Lipinski definition) is 3. The van der Waals surface area contributed by atoms with Crippen molar-refractivity contribution in [3.05, 3.63) is 92.3 Å². The van der Waals surface area contributed by atoms with Crippen molar-refractivity contribution < 1.29 is 14.0 Å². The Morgan fingerprint density at radius 3 is 2.45 bits per heavy atom. The van der Waals surface area contributed by atoms with Crippen LogP contribution in [-0.4, -0.2) is 11.9 Å². The third-order valence-corrected chi connectivity index (χ3v) is 5.78. The van der Waals surface area contributed by atoms with Gasteiger partial charge >= 0.3 is 6.03 Å². The van der Waals surface area contributed by atoms with Crippen LogP contribution in [0.2, 0.25) is 0 Å². The molecule has 2 aromatic carbocycles. The van der Waals surface area contributed by atoms with Gasteiger partial charge in [-0.15, -0.1) is 11.3 Å². The second kappa shape index (κ2) is 9.67. The lowest BCUT2D eigenvalue weighted by atomic mass is 9.97. The Morgan fingerprint density at radius 1 is 1.07 bits per heavy atom. The number of nitrogens with one attached hydrogen (secondary N) is 2. The first kappa shape index (κ1) is 21.0. The number of carbonyl (C=O) groups is 2. The third-order valence-electron chi connectivity index (χ3n) is 4.30. The van der Waals surface area contributed by atoms with Crippen molar-refractivity contribution in [2.24, 2.45) is 5.73 Å². The van der Waals surface area contributed by atoms with Gasteiger partial charge in [0.1, 0.15) is 5.82 Å². The maximum absolute atomic E-state index is 14.6. The number of carbonyl (C=O) groups excluding carboxylic acids is 2. The molecule has 150 valence electrons. The first-order valence-corrected chi connectivity index (χ1v) is 10.5. The van der Waals surface area contributed by atoms with E-state index in [4.69, 9.17) is 5.73 Å². The molecule has 3 amide bonds. The molecule has 29 heavy (non-hydrogen) atoms. The molecule has 1 aromatic heterocycles. The van der Waals surface area contributed by atoms with Crippen molar-refractivity contribution in [3.63, 3.8) is 0 Å². The van der Waals surface area contributed by atoms with E-state index in [9.17, 15) is 14.0 Å². The first-order valence-electron chi connectivity index (χ1n) is 8.82. The van der Waals surface area contributed by atoms with Crippen LogP contribution in [0.3, 0.4) is 0 Å². The Hall–Kier alpha value is -2.71. The second-order valence-corrected chi connectivity index (χ2v) is 8.25. The summed E-state index contributed by atoms with van der Waals surface area (Å²) in [7, 11) is 0. The molecule has 0 aliphatic carbocycles. The topological polar surface area (TPSA) is 84.2 Å². The number of rotatable bonds is 7. The van der Waals surface area contributed by atoms with Gasteiger partial charge in [-0.1, -0.05) is 58.4 Å². The maximum atomic E-state index is 14.6. The highest BCUT2D eigenvalue weighted by Crippen LogP contribution is 2.28. The maximum Gasteiger partial charge on any atom is 0.312 e. The van der Waals surface area contributed by atoms with Crippen molar-refractivity contribution in [2.75, 3.05) is 0 Å². The van der Waals surface area contributed by atoms with Gasteiger partial charge in [-0.25, -0.2) is 9.18 Å². The average molecular weight is 476 g/mol. The molecule has 0 bridgehead atoms. The van der Waals surface area contributed by atoms with Gasteiger partial charge in [0.05, 0.1) is 18.5 Å². The molecule has 0 spiro atoms. The number of amides is 3. The number of hydrogen-bond donors (Lipinski definition) is 3. The van der Waals surface area contributed by atoms with Gasteiger partial charge in [-0.3, -0.25) is 4.79 Å². The van der Waals surface area contributed by atoms with Gasteiger partial charge < -0.3 is 16.4 Å². The fourth-order valence-electron chi connectivity index (χ4n) is 3.01. The predicted octanol–water partition coefficient (Wildman–Crippen LogP) is 4.66. The van der Waals surface area contributed by atoms with Crippen LogP contribution in [0.4, 0.5) is 9.18 Å². The van der Waals surface area contributed by atoms with Gasteiger partial charge in [-0.05, 0) is 29.1 Å². The molecule has 0 aliphatic rings. The van der Waals surface area contributed by atoms with Crippen LogP contribution in [-0.2, 0) is 4.79 Å². The van der Waals surface area contributed by atoms with Crippen molar-refractivity contribution >= 4 is 39.2 Å². The summed E-state index contributed by atoms with van der Waals surface area (Å²) in [4.78, 5) is 25.0. The van der Waals surface area contributed by atoms with E-state index in [0.29, 0.717) is 10.0 Å². The zero-order valence-electron chi connectivity index (χ0n) is 15.3. The monoisotopic (exact) mass is 475 g/mol. The van der Waals surface area contributed by atoms with Crippen molar-refractivity contribution in [1.82, 2.24) is 10.6 Å². The summed E-state index contributed by atoms with van der Waals surface area (Å²) in [6, 6.07) is 15.6. The highest BCUT2D eigenvalue weighted by atomic mass is 79.9. The van der Waals surface area contributed by atoms with E-state index < -0.39 is 23.9 Å². The summed E-state index contributed by atoms with van der Waals surface area (Å²) >= 11 is 4.67. The van der Waals surface area contributed by atoms with Gasteiger partial charge in [0, 0.05) is 14.9 Å². The van der Waals surface area contributed by atoms with Crippen LogP contribution in [0, 0.1) is 5.82 Å². The van der Waals surface area contributed by atoms with Crippen LogP contribution < -0.4 is 16.4 Å². The molecular weight excluding hydrogens is 457 g/mol. The number of halogens is 2. The standard InChI is InChI=1S/C21H19BrFN3O2S/c22-14-8-9-15(16(23)11-14)20(13-5-2-1-3-6-13)26-19(27)12-17(25-21(24)28)18-7-4-10-29-18/h1-11,17,20H,12H2,(H,26,27)(H3,24,25,28). The van der Waals surface area contributed by atoms with E-state index in [2.05, 4.69) is 26.6 Å². The van der Waals surface area contributed by atoms with Gasteiger partial charge in [0.15, 0.2) is 0 Å². The van der Waals surface area contributed by atoms with Crippen molar-refractivity contribution in [1.29, 1.82) is 0 Å². The highest BCUT2D eigenvalue weighted by Gasteiger charge is 2.24. The molecule has 0 saturated heterocycles. The van der Waals surface area contributed by atoms with Crippen LogP contribution in [0.1, 0.15) is 34.5 Å². The average Bonchev–Trinajstić information content (AvgIpc) is 3.21. The van der Waals surface area contributed by atoms with Crippen LogP contribution in [0.25, 0.3) is 0 Å². The van der Waals surface area contributed by atoms with E-state index in [1.165, 1.54) is 17.4 Å². The lowest BCUT2D eigenvalue weighted by Gasteiger charge is -2.22. The summed E-state index contributed by atoms with van der Waals surface area (Å²) in [6.07, 6.45) is -0.0229. The van der Waals surface area contributed by atoms with Crippen LogP contribution in [0.15, 0.2) is 70.5 Å². The van der Waals surface area contributed by atoms with Crippen LogP contribution >= 0.6 is 27.3 Å². The molecule has 5 nitrogen and oxygen atoms in total. The number of urea groups is 1. The molecule has 3 rings (SSSR count). The Kier molecular flexibility index (Phi) is 7.00. The van der Waals surface area contributed by atoms with E-state index in [1.54, 1.807) is 12.1 Å². The van der Waals surface area contributed by atoms with E-state index >= 15 is 0 Å². The Labute approximate surface area is 180 Å². The third kappa shape index (κ3) is 5.65. The normalized spacial score (nSPS) is 12.8. The van der Waals surface area contributed by atoms with Crippen molar-refractivity contribution in [2.45, 2.75) is 18.5 Å². The molecule has 0 aliphatic heterocycles. The summed E-state index contributed by atoms with van der Waals surface area (Å²) in [5.41, 5.74) is 6.36. The van der Waals surface area contributed by atoms with E-state index in [1.807, 2.05) is 47.8 Å². The van der Waals surface area contributed by atoms with E-state index in [-0.39, 0.29) is 12.3 Å². The molecular formula is C21H19BrFN3O2S. The Morgan fingerprint density at radius 2 is 1.83 bits per heavy atom. The molecule has 2 atom stereocenters. The molecule has 8 heteroatoms. The van der Waals surface area contributed by atoms with Crippen molar-refractivity contribution in [3.8, 4) is 0 Å². The minimum Gasteiger partial charge on any atom is -0.352 e. The lowest BCUT2D eigenvalue weighted by molar-refractivity contribution is -0.122. The SMILES string of the molecule is NC(=O)NC(CC(=O)NC(c1ccccc1)c1ccc(Br)cc1F)c1cccs1. The second-order valence-electron chi connectivity index (χ2n) is 6.36. The lowest BCUT2D eigenvalue weighted by Crippen LogP contribution is -2.37. The highest BCUT2D eigenvalue weighted by molar-refractivity contribution is 9.10. The zero-order valence-corrected chi connectivity index (χ0v) is 17.7.